The number of hydrogen-bond donors (Lipinski definition) is 1. The number of carbonyl (C=O) groups is 1. The third kappa shape index (κ3) is 4.95. The molecule has 0 aliphatic rings. The highest BCUT2D eigenvalue weighted by Crippen LogP contribution is 2.35. The van der Waals surface area contributed by atoms with Crippen molar-refractivity contribution in [1.29, 1.82) is 0 Å². The molecule has 8 heteroatoms. The van der Waals surface area contributed by atoms with E-state index in [1.54, 1.807) is 12.1 Å². The molecule has 0 bridgehead atoms. The Bertz CT molecular complexity index is 915. The summed E-state index contributed by atoms with van der Waals surface area (Å²) in [6.45, 7) is 3.38. The lowest BCUT2D eigenvalue weighted by atomic mass is 10.1. The summed E-state index contributed by atoms with van der Waals surface area (Å²) in [4.78, 5) is 12.9. The van der Waals surface area contributed by atoms with Crippen molar-refractivity contribution in [2.75, 3.05) is 24.8 Å². The van der Waals surface area contributed by atoms with Crippen LogP contribution >= 0.6 is 0 Å². The minimum atomic E-state index is -3.78. The molecule has 0 saturated carbocycles. The van der Waals surface area contributed by atoms with Gasteiger partial charge in [0, 0.05) is 6.07 Å². The largest absolute Gasteiger partial charge is 0.497 e. The van der Waals surface area contributed by atoms with Gasteiger partial charge >= 0.3 is 0 Å². The SMILES string of the molecule is COc1ccc(OC)c(N([C@@H](C)C(=O)N[C@@H](C)c2ccccc2)S(C)(=O)=O)c1. The van der Waals surface area contributed by atoms with E-state index in [1.807, 2.05) is 37.3 Å². The molecule has 0 spiro atoms. The van der Waals surface area contributed by atoms with Gasteiger partial charge in [-0.05, 0) is 31.5 Å². The number of nitrogens with zero attached hydrogens (tertiary/aromatic N) is 1. The number of sulfonamides is 1. The smallest absolute Gasteiger partial charge is 0.244 e. The molecule has 2 aromatic rings. The van der Waals surface area contributed by atoms with E-state index in [4.69, 9.17) is 9.47 Å². The zero-order chi connectivity index (χ0) is 20.9. The number of amides is 1. The Morgan fingerprint density at radius 3 is 2.21 bits per heavy atom. The van der Waals surface area contributed by atoms with Crippen LogP contribution in [0.5, 0.6) is 11.5 Å². The monoisotopic (exact) mass is 406 g/mol. The number of anilines is 1. The maximum Gasteiger partial charge on any atom is 0.244 e. The minimum Gasteiger partial charge on any atom is -0.497 e. The Labute approximate surface area is 166 Å². The molecule has 0 heterocycles. The molecule has 1 amide bonds. The summed E-state index contributed by atoms with van der Waals surface area (Å²) >= 11 is 0. The molecule has 1 N–H and O–H groups in total. The maximum atomic E-state index is 12.9. The Kier molecular flexibility index (Phi) is 6.90. The minimum absolute atomic E-state index is 0.236. The van der Waals surface area contributed by atoms with Gasteiger partial charge in [0.2, 0.25) is 15.9 Å². The summed E-state index contributed by atoms with van der Waals surface area (Å²) in [7, 11) is -0.865. The van der Waals surface area contributed by atoms with Crippen molar-refractivity contribution in [3.05, 3.63) is 54.1 Å². The molecule has 0 saturated heterocycles. The van der Waals surface area contributed by atoms with E-state index < -0.39 is 22.0 Å². The molecule has 2 atom stereocenters. The molecule has 0 unspecified atom stereocenters. The lowest BCUT2D eigenvalue weighted by Gasteiger charge is -2.30. The van der Waals surface area contributed by atoms with Crippen LogP contribution in [0.4, 0.5) is 5.69 Å². The number of ether oxygens (including phenoxy) is 2. The highest BCUT2D eigenvalue weighted by molar-refractivity contribution is 7.92. The van der Waals surface area contributed by atoms with Gasteiger partial charge in [-0.1, -0.05) is 30.3 Å². The van der Waals surface area contributed by atoms with Crippen LogP contribution in [-0.2, 0) is 14.8 Å². The molecular weight excluding hydrogens is 380 g/mol. The number of methoxy groups -OCH3 is 2. The number of nitrogens with one attached hydrogen (secondary N) is 1. The van der Waals surface area contributed by atoms with Gasteiger partial charge in [-0.25, -0.2) is 8.42 Å². The maximum absolute atomic E-state index is 12.9. The summed E-state index contributed by atoms with van der Waals surface area (Å²) in [6, 6.07) is 13.0. The van der Waals surface area contributed by atoms with E-state index >= 15 is 0 Å². The van der Waals surface area contributed by atoms with Crippen LogP contribution in [0, 0.1) is 0 Å². The van der Waals surface area contributed by atoms with E-state index in [1.165, 1.54) is 27.2 Å². The van der Waals surface area contributed by atoms with Crippen molar-refractivity contribution in [3.8, 4) is 11.5 Å². The number of benzene rings is 2. The number of carbonyl (C=O) groups excluding carboxylic acids is 1. The summed E-state index contributed by atoms with van der Waals surface area (Å²) in [5, 5.41) is 2.87. The van der Waals surface area contributed by atoms with Crippen LogP contribution in [0.2, 0.25) is 0 Å². The van der Waals surface area contributed by atoms with Gasteiger partial charge in [0.15, 0.2) is 0 Å². The molecule has 0 radical (unpaired) electrons. The highest BCUT2D eigenvalue weighted by atomic mass is 32.2. The van der Waals surface area contributed by atoms with Gasteiger partial charge in [-0.3, -0.25) is 9.10 Å². The number of hydrogen-bond acceptors (Lipinski definition) is 5. The Morgan fingerprint density at radius 2 is 1.68 bits per heavy atom. The zero-order valence-corrected chi connectivity index (χ0v) is 17.5. The Balaban J connectivity index is 2.37. The van der Waals surface area contributed by atoms with Crippen molar-refractivity contribution >= 4 is 21.6 Å². The Morgan fingerprint density at radius 1 is 1.04 bits per heavy atom. The third-order valence-electron chi connectivity index (χ3n) is 4.37. The molecule has 0 aliphatic carbocycles. The van der Waals surface area contributed by atoms with Gasteiger partial charge < -0.3 is 14.8 Å². The standard InChI is InChI=1S/C20H26N2O5S/c1-14(16-9-7-6-8-10-16)21-20(23)15(2)22(28(5,24)25)18-13-17(26-3)11-12-19(18)27-4/h6-15H,1-5H3,(H,21,23)/t14-,15-/m0/s1. The predicted molar refractivity (Wildman–Crippen MR) is 109 cm³/mol. The van der Waals surface area contributed by atoms with Gasteiger partial charge in [0.1, 0.15) is 17.5 Å². The number of rotatable bonds is 8. The van der Waals surface area contributed by atoms with Gasteiger partial charge in [-0.15, -0.1) is 0 Å². The molecule has 2 rings (SSSR count). The fourth-order valence-corrected chi connectivity index (χ4v) is 4.08. The van der Waals surface area contributed by atoms with E-state index in [0.29, 0.717) is 11.5 Å². The fraction of sp³-hybridized carbons (Fsp3) is 0.350. The lowest BCUT2D eigenvalue weighted by Crippen LogP contribution is -2.48. The second-order valence-electron chi connectivity index (χ2n) is 6.41. The average molecular weight is 407 g/mol. The zero-order valence-electron chi connectivity index (χ0n) is 16.7. The van der Waals surface area contributed by atoms with Gasteiger partial charge in [-0.2, -0.15) is 0 Å². The van der Waals surface area contributed by atoms with Crippen LogP contribution in [0.15, 0.2) is 48.5 Å². The topological polar surface area (TPSA) is 84.9 Å². The summed E-state index contributed by atoms with van der Waals surface area (Å²) < 4.78 is 36.7. The fourth-order valence-electron chi connectivity index (χ4n) is 2.91. The van der Waals surface area contributed by atoms with E-state index in [9.17, 15) is 13.2 Å². The third-order valence-corrected chi connectivity index (χ3v) is 5.60. The second-order valence-corrected chi connectivity index (χ2v) is 8.27. The summed E-state index contributed by atoms with van der Waals surface area (Å²) in [5.74, 6) is 0.350. The lowest BCUT2D eigenvalue weighted by molar-refractivity contribution is -0.122. The van der Waals surface area contributed by atoms with Crippen LogP contribution < -0.4 is 19.1 Å². The van der Waals surface area contributed by atoms with Gasteiger partial charge in [0.25, 0.3) is 0 Å². The molecule has 7 nitrogen and oxygen atoms in total. The predicted octanol–water partition coefficient (Wildman–Crippen LogP) is 2.74. The quantitative estimate of drug-likeness (QED) is 0.729. The first-order valence-corrected chi connectivity index (χ1v) is 10.6. The first kappa shape index (κ1) is 21.6. The molecule has 152 valence electrons. The molecule has 0 aromatic heterocycles. The Hall–Kier alpha value is -2.74. The summed E-state index contributed by atoms with van der Waals surface area (Å²) in [6.07, 6.45) is 1.05. The van der Waals surface area contributed by atoms with Crippen LogP contribution in [0.25, 0.3) is 0 Å². The van der Waals surface area contributed by atoms with Gasteiger partial charge in [0.05, 0.1) is 32.2 Å². The first-order valence-electron chi connectivity index (χ1n) is 8.75. The first-order chi connectivity index (χ1) is 13.2. The summed E-state index contributed by atoms with van der Waals surface area (Å²) in [5.41, 5.74) is 1.16. The van der Waals surface area contributed by atoms with Crippen molar-refractivity contribution in [1.82, 2.24) is 5.32 Å². The molecule has 0 aliphatic heterocycles. The van der Waals surface area contributed by atoms with Crippen LogP contribution in [0.1, 0.15) is 25.5 Å². The second kappa shape index (κ2) is 8.97. The van der Waals surface area contributed by atoms with E-state index in [2.05, 4.69) is 5.32 Å². The molecule has 28 heavy (non-hydrogen) atoms. The molecule has 0 fully saturated rings. The normalized spacial score (nSPS) is 13.3. The van der Waals surface area contributed by atoms with Crippen molar-refractivity contribution in [2.45, 2.75) is 25.9 Å². The van der Waals surface area contributed by atoms with Crippen LogP contribution in [0.3, 0.4) is 0 Å². The van der Waals surface area contributed by atoms with Crippen LogP contribution in [-0.4, -0.2) is 40.8 Å². The van der Waals surface area contributed by atoms with Crippen molar-refractivity contribution in [2.24, 2.45) is 0 Å². The van der Waals surface area contributed by atoms with E-state index in [0.717, 1.165) is 16.1 Å². The average Bonchev–Trinajstić information content (AvgIpc) is 2.67. The van der Waals surface area contributed by atoms with E-state index in [-0.39, 0.29) is 11.7 Å². The van der Waals surface area contributed by atoms with Crippen molar-refractivity contribution < 1.29 is 22.7 Å². The molecular formula is C20H26N2O5S. The van der Waals surface area contributed by atoms with Crippen molar-refractivity contribution in [3.63, 3.8) is 0 Å². The molecule has 2 aromatic carbocycles. The highest BCUT2D eigenvalue weighted by Gasteiger charge is 2.32.